The Labute approximate surface area is 69.8 Å². The fourth-order valence-electron chi connectivity index (χ4n) is 1.02. The molecule has 1 rings (SSSR count). The van der Waals surface area contributed by atoms with E-state index in [4.69, 9.17) is 10.5 Å². The van der Waals surface area contributed by atoms with Gasteiger partial charge in [0.05, 0.1) is 0 Å². The van der Waals surface area contributed by atoms with Crippen molar-refractivity contribution < 1.29 is 20.3 Å². The van der Waals surface area contributed by atoms with Crippen molar-refractivity contribution in [3.05, 3.63) is 23.8 Å². The molecule has 12 heavy (non-hydrogen) atoms. The Bertz CT molecular complexity index is 237. The molecular weight excluding hydrogens is 160 g/mol. The predicted molar refractivity (Wildman–Crippen MR) is 42.3 cm³/mol. The normalized spacial score (nSPS) is 9.58. The van der Waals surface area contributed by atoms with E-state index in [0.717, 1.165) is 5.56 Å². The van der Waals surface area contributed by atoms with Gasteiger partial charge >= 0.3 is 0 Å². The second-order valence-electron chi connectivity index (χ2n) is 2.28. The lowest BCUT2D eigenvalue weighted by Crippen LogP contribution is -1.95. The Morgan fingerprint density at radius 2 is 2.00 bits per heavy atom. The molecule has 4 heteroatoms. The van der Waals surface area contributed by atoms with Gasteiger partial charge in [-0.25, -0.2) is 10.5 Å². The largest absolute Gasteiger partial charge is 0.336 e. The smallest absolute Gasteiger partial charge is 0.214 e. The molecule has 66 valence electrons. The van der Waals surface area contributed by atoms with Crippen LogP contribution in [0.2, 0.25) is 0 Å². The predicted octanol–water partition coefficient (Wildman–Crippen LogP) is 1.95. The molecule has 4 nitrogen and oxygen atoms in total. The Balaban J connectivity index is 3.13. The molecule has 0 fully saturated rings. The van der Waals surface area contributed by atoms with Crippen molar-refractivity contribution in [2.24, 2.45) is 0 Å². The molecule has 0 aliphatic carbocycles. The molecule has 0 heterocycles. The summed E-state index contributed by atoms with van der Waals surface area (Å²) in [7, 11) is 0. The second-order valence-corrected chi connectivity index (χ2v) is 2.28. The van der Waals surface area contributed by atoms with Gasteiger partial charge in [0.15, 0.2) is 0 Å². The molecule has 1 aromatic carbocycles. The maximum atomic E-state index is 8.47. The van der Waals surface area contributed by atoms with Crippen LogP contribution in [0.3, 0.4) is 0 Å². The van der Waals surface area contributed by atoms with E-state index in [2.05, 4.69) is 9.78 Å². The van der Waals surface area contributed by atoms with Crippen molar-refractivity contribution in [3.8, 4) is 11.5 Å². The van der Waals surface area contributed by atoms with Gasteiger partial charge in [0.25, 0.3) is 0 Å². The highest BCUT2D eigenvalue weighted by Gasteiger charge is 2.09. The van der Waals surface area contributed by atoms with E-state index in [9.17, 15) is 0 Å². The third-order valence-corrected chi connectivity index (χ3v) is 1.63. The summed E-state index contributed by atoms with van der Waals surface area (Å²) in [4.78, 5) is 8.07. The highest BCUT2D eigenvalue weighted by Crippen LogP contribution is 2.30. The quantitative estimate of drug-likeness (QED) is 0.537. The molecule has 0 atom stereocenters. The van der Waals surface area contributed by atoms with Gasteiger partial charge in [-0.3, -0.25) is 0 Å². The SMILES string of the molecule is CCc1cccc(OO)c1OO. The van der Waals surface area contributed by atoms with Crippen molar-refractivity contribution in [1.82, 2.24) is 0 Å². The van der Waals surface area contributed by atoms with Crippen LogP contribution in [0.5, 0.6) is 11.5 Å². The van der Waals surface area contributed by atoms with E-state index in [0.29, 0.717) is 6.42 Å². The fraction of sp³-hybridized carbons (Fsp3) is 0.250. The maximum absolute atomic E-state index is 8.47. The molecule has 0 radical (unpaired) electrons. The first kappa shape index (κ1) is 8.83. The van der Waals surface area contributed by atoms with Gasteiger partial charge in [-0.15, -0.1) is 0 Å². The summed E-state index contributed by atoms with van der Waals surface area (Å²) in [6.45, 7) is 1.90. The van der Waals surface area contributed by atoms with Gasteiger partial charge in [0.2, 0.25) is 11.5 Å². The summed E-state index contributed by atoms with van der Waals surface area (Å²) in [5.41, 5.74) is 0.768. The molecule has 0 spiro atoms. The second kappa shape index (κ2) is 3.94. The Hall–Kier alpha value is -1.26. The van der Waals surface area contributed by atoms with E-state index in [1.54, 1.807) is 12.1 Å². The minimum absolute atomic E-state index is 0.108. The zero-order valence-corrected chi connectivity index (χ0v) is 6.65. The van der Waals surface area contributed by atoms with Crippen LogP contribution in [0.1, 0.15) is 12.5 Å². The number of para-hydroxylation sites is 1. The van der Waals surface area contributed by atoms with Crippen LogP contribution in [0.25, 0.3) is 0 Å². The first-order valence-corrected chi connectivity index (χ1v) is 3.58. The minimum Gasteiger partial charge on any atom is -0.336 e. The summed E-state index contributed by atoms with van der Waals surface area (Å²) in [5, 5.41) is 16.8. The molecule has 2 N–H and O–H groups in total. The average molecular weight is 170 g/mol. The highest BCUT2D eigenvalue weighted by molar-refractivity contribution is 5.45. The van der Waals surface area contributed by atoms with Gasteiger partial charge in [0.1, 0.15) is 0 Å². The van der Waals surface area contributed by atoms with E-state index >= 15 is 0 Å². The summed E-state index contributed by atoms with van der Waals surface area (Å²) in [6.07, 6.45) is 0.688. The molecule has 0 aromatic heterocycles. The summed E-state index contributed by atoms with van der Waals surface area (Å²) >= 11 is 0. The molecular formula is C8H10O4. The van der Waals surface area contributed by atoms with E-state index in [1.165, 1.54) is 6.07 Å². The zero-order chi connectivity index (χ0) is 8.97. The Morgan fingerprint density at radius 3 is 2.50 bits per heavy atom. The van der Waals surface area contributed by atoms with Crippen LogP contribution < -0.4 is 9.78 Å². The lowest BCUT2D eigenvalue weighted by atomic mass is 10.1. The maximum Gasteiger partial charge on any atom is 0.214 e. The minimum atomic E-state index is 0.108. The molecule has 0 amide bonds. The number of hydrogen-bond acceptors (Lipinski definition) is 4. The van der Waals surface area contributed by atoms with E-state index in [-0.39, 0.29) is 11.5 Å². The Morgan fingerprint density at radius 1 is 1.25 bits per heavy atom. The molecule has 0 aliphatic heterocycles. The number of aryl methyl sites for hydroxylation is 1. The number of hydrogen-bond donors (Lipinski definition) is 2. The standard InChI is InChI=1S/C8H10O4/c1-2-6-4-3-5-7(11-9)8(6)12-10/h3-5,9-10H,2H2,1H3. The lowest BCUT2D eigenvalue weighted by Gasteiger charge is -2.06. The van der Waals surface area contributed by atoms with Gasteiger partial charge in [-0.05, 0) is 12.5 Å². The number of rotatable bonds is 3. The van der Waals surface area contributed by atoms with Crippen molar-refractivity contribution in [1.29, 1.82) is 0 Å². The molecule has 0 saturated carbocycles. The van der Waals surface area contributed by atoms with Gasteiger partial charge in [-0.2, -0.15) is 0 Å². The highest BCUT2D eigenvalue weighted by atomic mass is 17.1. The van der Waals surface area contributed by atoms with Crippen molar-refractivity contribution in [2.45, 2.75) is 13.3 Å². The fourth-order valence-corrected chi connectivity index (χ4v) is 1.02. The van der Waals surface area contributed by atoms with Crippen molar-refractivity contribution in [3.63, 3.8) is 0 Å². The summed E-state index contributed by atoms with van der Waals surface area (Å²) in [5.74, 6) is 0.263. The zero-order valence-electron chi connectivity index (χ0n) is 6.65. The average Bonchev–Trinajstić information content (AvgIpc) is 2.16. The van der Waals surface area contributed by atoms with Gasteiger partial charge < -0.3 is 9.78 Å². The van der Waals surface area contributed by atoms with Crippen LogP contribution in [0.15, 0.2) is 18.2 Å². The third-order valence-electron chi connectivity index (χ3n) is 1.63. The van der Waals surface area contributed by atoms with E-state index in [1.807, 2.05) is 6.92 Å². The van der Waals surface area contributed by atoms with Crippen LogP contribution in [0.4, 0.5) is 0 Å². The molecule has 0 unspecified atom stereocenters. The van der Waals surface area contributed by atoms with Crippen molar-refractivity contribution >= 4 is 0 Å². The molecule has 0 bridgehead atoms. The van der Waals surface area contributed by atoms with Crippen molar-refractivity contribution in [2.75, 3.05) is 0 Å². The number of benzene rings is 1. The van der Waals surface area contributed by atoms with Crippen LogP contribution in [-0.2, 0) is 6.42 Å². The summed E-state index contributed by atoms with van der Waals surface area (Å²) in [6, 6.07) is 4.96. The summed E-state index contributed by atoms with van der Waals surface area (Å²) < 4.78 is 0. The van der Waals surface area contributed by atoms with Crippen LogP contribution in [0, 0.1) is 0 Å². The van der Waals surface area contributed by atoms with Crippen LogP contribution >= 0.6 is 0 Å². The van der Waals surface area contributed by atoms with Gasteiger partial charge in [-0.1, -0.05) is 19.1 Å². The molecule has 0 saturated heterocycles. The lowest BCUT2D eigenvalue weighted by molar-refractivity contribution is -0.164. The Kier molecular flexibility index (Phi) is 2.90. The third kappa shape index (κ3) is 1.49. The topological polar surface area (TPSA) is 58.9 Å². The van der Waals surface area contributed by atoms with Crippen LogP contribution in [-0.4, -0.2) is 10.5 Å². The van der Waals surface area contributed by atoms with E-state index < -0.39 is 0 Å². The molecule has 0 aliphatic rings. The first-order valence-electron chi connectivity index (χ1n) is 3.58. The van der Waals surface area contributed by atoms with Gasteiger partial charge in [0, 0.05) is 5.56 Å². The first-order chi connectivity index (χ1) is 5.83. The monoisotopic (exact) mass is 170 g/mol. The molecule has 1 aromatic rings.